The van der Waals surface area contributed by atoms with Gasteiger partial charge < -0.3 is 30.3 Å². The van der Waals surface area contributed by atoms with Gasteiger partial charge in [0, 0.05) is 46.0 Å². The van der Waals surface area contributed by atoms with Gasteiger partial charge in [-0.2, -0.15) is 9.97 Å². The number of imidazole rings is 1. The molecule has 2 aromatic heterocycles. The molecule has 224 valence electrons. The zero-order valence-corrected chi connectivity index (χ0v) is 24.2. The Balaban J connectivity index is 1.14. The van der Waals surface area contributed by atoms with Crippen molar-refractivity contribution in [3.63, 3.8) is 0 Å². The number of hydrogen-bond acceptors (Lipinski definition) is 10. The molecule has 3 aromatic rings. The van der Waals surface area contributed by atoms with E-state index in [1.165, 1.54) is 10.9 Å². The predicted molar refractivity (Wildman–Crippen MR) is 158 cm³/mol. The number of benzene rings is 1. The van der Waals surface area contributed by atoms with Gasteiger partial charge in [-0.1, -0.05) is 12.1 Å². The summed E-state index contributed by atoms with van der Waals surface area (Å²) in [4.78, 5) is 44.1. The Morgan fingerprint density at radius 2 is 1.98 bits per heavy atom. The first kappa shape index (κ1) is 28.3. The zero-order chi connectivity index (χ0) is 29.1. The molecule has 0 bridgehead atoms. The number of morpholine rings is 1. The van der Waals surface area contributed by atoms with Gasteiger partial charge in [-0.05, 0) is 49.9 Å². The molecule has 1 saturated carbocycles. The van der Waals surface area contributed by atoms with Gasteiger partial charge in [0.15, 0.2) is 17.0 Å². The van der Waals surface area contributed by atoms with Crippen LogP contribution in [0.3, 0.4) is 0 Å². The molecule has 1 unspecified atom stereocenters. The molecule has 1 aliphatic carbocycles. The van der Waals surface area contributed by atoms with Crippen LogP contribution in [0, 0.1) is 5.92 Å². The lowest BCUT2D eigenvalue weighted by molar-refractivity contribution is -0.141. The molecule has 2 saturated heterocycles. The molecule has 13 nitrogen and oxygen atoms in total. The van der Waals surface area contributed by atoms with Crippen molar-refractivity contribution < 1.29 is 19.1 Å². The maximum Gasteiger partial charge on any atom is 0.328 e. The largest absolute Gasteiger partial charge is 0.379 e. The molecule has 3 N–H and O–H groups in total. The number of hydrogen-bond donors (Lipinski definition) is 3. The molecule has 2 aliphatic heterocycles. The maximum atomic E-state index is 13.1. The normalized spacial score (nSPS) is 22.9. The van der Waals surface area contributed by atoms with E-state index in [1.807, 2.05) is 17.0 Å². The fourth-order valence-corrected chi connectivity index (χ4v) is 6.00. The van der Waals surface area contributed by atoms with Gasteiger partial charge in [-0.15, -0.1) is 0 Å². The van der Waals surface area contributed by atoms with Gasteiger partial charge in [0.2, 0.25) is 11.9 Å². The minimum Gasteiger partial charge on any atom is -0.379 e. The average Bonchev–Trinajstić information content (AvgIpc) is 3.43. The summed E-state index contributed by atoms with van der Waals surface area (Å²) in [5, 5.41) is 9.39. The molecular weight excluding hydrogens is 538 g/mol. The van der Waals surface area contributed by atoms with E-state index in [1.54, 1.807) is 14.2 Å². The summed E-state index contributed by atoms with van der Waals surface area (Å²) in [6.07, 6.45) is 5.24. The van der Waals surface area contributed by atoms with E-state index in [9.17, 15) is 9.59 Å². The number of anilines is 3. The molecule has 3 aliphatic rings. The molecule has 0 radical (unpaired) electrons. The Labute approximate surface area is 245 Å². The number of nitrogens with one attached hydrogen (secondary N) is 3. The molecule has 6 rings (SSSR count). The lowest BCUT2D eigenvalue weighted by Crippen LogP contribution is -2.52. The first-order valence-electron chi connectivity index (χ1n) is 14.7. The summed E-state index contributed by atoms with van der Waals surface area (Å²) in [6, 6.07) is 7.80. The second kappa shape index (κ2) is 12.6. The Bertz CT molecular complexity index is 1420. The smallest absolute Gasteiger partial charge is 0.328 e. The number of piperidine rings is 1. The van der Waals surface area contributed by atoms with E-state index in [4.69, 9.17) is 9.47 Å². The van der Waals surface area contributed by atoms with E-state index in [0.29, 0.717) is 49.2 Å². The quantitative estimate of drug-likeness (QED) is 0.366. The van der Waals surface area contributed by atoms with Crippen molar-refractivity contribution in [2.45, 2.75) is 44.4 Å². The Morgan fingerprint density at radius 3 is 2.74 bits per heavy atom. The lowest BCUT2D eigenvalue weighted by atomic mass is 9.89. The van der Waals surface area contributed by atoms with Crippen molar-refractivity contribution in [1.82, 2.24) is 34.6 Å². The SMILES string of the molecule is CNc1nc(Nc2cccc(CN3CCCC(C(=O)N4CCOCC4)C3)c2)nc2c1ncn2C(=O)N[C@@H]1CC[C@H]1OC. The minimum absolute atomic E-state index is 0.0248. The van der Waals surface area contributed by atoms with Crippen molar-refractivity contribution in [2.24, 2.45) is 5.92 Å². The average molecular weight is 578 g/mol. The number of fused-ring (bicyclic) bond motifs is 1. The van der Waals surface area contributed by atoms with Crippen LogP contribution in [0.1, 0.15) is 31.2 Å². The van der Waals surface area contributed by atoms with Gasteiger partial charge in [0.1, 0.15) is 6.33 Å². The third kappa shape index (κ3) is 6.03. The fraction of sp³-hybridized carbons (Fsp3) is 0.552. The number of aromatic nitrogens is 4. The third-order valence-corrected chi connectivity index (χ3v) is 8.44. The van der Waals surface area contributed by atoms with Crippen LogP contribution in [0.4, 0.5) is 22.2 Å². The Morgan fingerprint density at radius 1 is 1.12 bits per heavy atom. The van der Waals surface area contributed by atoms with E-state index in [-0.39, 0.29) is 30.0 Å². The maximum absolute atomic E-state index is 13.1. The van der Waals surface area contributed by atoms with E-state index >= 15 is 0 Å². The summed E-state index contributed by atoms with van der Waals surface area (Å²) < 4.78 is 12.2. The lowest BCUT2D eigenvalue weighted by Gasteiger charge is -2.36. The van der Waals surface area contributed by atoms with Crippen molar-refractivity contribution in [2.75, 3.05) is 64.2 Å². The highest BCUT2D eigenvalue weighted by molar-refractivity contribution is 5.92. The summed E-state index contributed by atoms with van der Waals surface area (Å²) in [7, 11) is 3.42. The minimum atomic E-state index is -0.301. The number of rotatable bonds is 8. The first-order chi connectivity index (χ1) is 20.5. The number of carbonyl (C=O) groups is 2. The van der Waals surface area contributed by atoms with Gasteiger partial charge in [0.05, 0.1) is 31.3 Å². The summed E-state index contributed by atoms with van der Waals surface area (Å²) >= 11 is 0. The topological polar surface area (TPSA) is 139 Å². The molecule has 42 heavy (non-hydrogen) atoms. The van der Waals surface area contributed by atoms with Gasteiger partial charge in [-0.3, -0.25) is 9.69 Å². The van der Waals surface area contributed by atoms with Crippen LogP contribution in [0.15, 0.2) is 30.6 Å². The molecule has 3 fully saturated rings. The van der Waals surface area contributed by atoms with Gasteiger partial charge in [0.25, 0.3) is 0 Å². The number of carbonyl (C=O) groups excluding carboxylic acids is 2. The van der Waals surface area contributed by atoms with Gasteiger partial charge >= 0.3 is 6.03 Å². The highest BCUT2D eigenvalue weighted by Crippen LogP contribution is 2.26. The van der Waals surface area contributed by atoms with Gasteiger partial charge in [-0.25, -0.2) is 14.3 Å². The Kier molecular flexibility index (Phi) is 8.49. The van der Waals surface area contributed by atoms with Crippen LogP contribution in [-0.4, -0.2) is 107 Å². The van der Waals surface area contributed by atoms with E-state index < -0.39 is 0 Å². The molecule has 2 amide bonds. The first-order valence-corrected chi connectivity index (χ1v) is 14.7. The highest BCUT2D eigenvalue weighted by Gasteiger charge is 2.33. The number of amides is 2. The molecule has 3 atom stereocenters. The van der Waals surface area contributed by atoms with Crippen LogP contribution in [0.25, 0.3) is 11.2 Å². The summed E-state index contributed by atoms with van der Waals surface area (Å²) in [5.74, 6) is 1.16. The highest BCUT2D eigenvalue weighted by atomic mass is 16.5. The molecule has 4 heterocycles. The van der Waals surface area contributed by atoms with Crippen LogP contribution < -0.4 is 16.0 Å². The second-order valence-corrected chi connectivity index (χ2v) is 11.2. The zero-order valence-electron chi connectivity index (χ0n) is 24.2. The van der Waals surface area contributed by atoms with Crippen LogP contribution >= 0.6 is 0 Å². The number of nitrogens with zero attached hydrogens (tertiary/aromatic N) is 6. The predicted octanol–water partition coefficient (Wildman–Crippen LogP) is 2.42. The summed E-state index contributed by atoms with van der Waals surface area (Å²) in [6.45, 7) is 5.10. The van der Waals surface area contributed by atoms with Crippen molar-refractivity contribution in [3.8, 4) is 0 Å². The molecule has 1 aromatic carbocycles. The number of likely N-dealkylation sites (tertiary alicyclic amines) is 1. The summed E-state index contributed by atoms with van der Waals surface area (Å²) in [5.41, 5.74) is 2.88. The monoisotopic (exact) mass is 577 g/mol. The van der Waals surface area contributed by atoms with Crippen molar-refractivity contribution in [3.05, 3.63) is 36.2 Å². The number of methoxy groups -OCH3 is 1. The molecule has 13 heteroatoms. The van der Waals surface area contributed by atoms with Crippen LogP contribution in [0.5, 0.6) is 0 Å². The van der Waals surface area contributed by atoms with E-state index in [0.717, 1.165) is 56.6 Å². The fourth-order valence-electron chi connectivity index (χ4n) is 6.00. The van der Waals surface area contributed by atoms with Crippen LogP contribution in [0.2, 0.25) is 0 Å². The third-order valence-electron chi connectivity index (χ3n) is 8.44. The number of ether oxygens (including phenoxy) is 2. The molecule has 0 spiro atoms. The van der Waals surface area contributed by atoms with Crippen LogP contribution in [-0.2, 0) is 20.8 Å². The van der Waals surface area contributed by atoms with Crippen molar-refractivity contribution in [1.29, 1.82) is 0 Å². The second-order valence-electron chi connectivity index (χ2n) is 11.2. The standard InChI is InChI=1S/C29H39N9O4/c1-30-25-24-26(38(18-31-24)29(40)33-22-8-9-23(22)41-2)35-28(34-25)32-21-7-3-5-19(15-21)16-36-10-4-6-20(17-36)27(39)37-11-13-42-14-12-37/h3,5,7,15,18,20,22-23H,4,6,8-14,16-17H2,1-2H3,(H,33,40)(H2,30,32,34,35)/t20?,22-,23-/m1/s1. The molecular formula is C29H39N9O4. The van der Waals surface area contributed by atoms with E-state index in [2.05, 4.69) is 47.9 Å². The Hall–Kier alpha value is -3.81. The van der Waals surface area contributed by atoms with Crippen molar-refractivity contribution >= 4 is 40.6 Å².